The first kappa shape index (κ1) is 29.0. The van der Waals surface area contributed by atoms with Crippen molar-refractivity contribution in [2.45, 2.75) is 75.9 Å². The molecule has 6 heteroatoms. The highest BCUT2D eigenvalue weighted by molar-refractivity contribution is 5.76. The summed E-state index contributed by atoms with van der Waals surface area (Å²) in [5, 5.41) is 11.5. The van der Waals surface area contributed by atoms with Crippen molar-refractivity contribution in [3.63, 3.8) is 0 Å². The molecule has 210 valence electrons. The monoisotopic (exact) mass is 532 g/mol. The fourth-order valence-corrected chi connectivity index (χ4v) is 6.74. The van der Waals surface area contributed by atoms with Crippen LogP contribution in [0.25, 0.3) is 0 Å². The number of rotatable bonds is 11. The highest BCUT2D eigenvalue weighted by Gasteiger charge is 2.52. The minimum Gasteiger partial charge on any atom is -0.427 e. The van der Waals surface area contributed by atoms with E-state index in [9.17, 15) is 14.7 Å². The Labute approximate surface area is 233 Å². The van der Waals surface area contributed by atoms with E-state index >= 15 is 0 Å². The molecule has 1 amide bonds. The van der Waals surface area contributed by atoms with Crippen molar-refractivity contribution in [2.75, 3.05) is 26.7 Å². The number of aliphatic hydroxyl groups is 1. The summed E-state index contributed by atoms with van der Waals surface area (Å²) in [7, 11) is 1.90. The van der Waals surface area contributed by atoms with Crippen molar-refractivity contribution in [3.05, 3.63) is 78.4 Å². The van der Waals surface area contributed by atoms with Gasteiger partial charge >= 0.3 is 5.97 Å². The van der Waals surface area contributed by atoms with E-state index in [-0.39, 0.29) is 29.3 Å². The molecule has 1 aliphatic heterocycles. The van der Waals surface area contributed by atoms with E-state index in [4.69, 9.17) is 4.74 Å². The van der Waals surface area contributed by atoms with Crippen molar-refractivity contribution in [1.82, 2.24) is 9.80 Å². The Morgan fingerprint density at radius 2 is 1.95 bits per heavy atom. The molecule has 2 fully saturated rings. The average Bonchev–Trinajstić information content (AvgIpc) is 2.93. The van der Waals surface area contributed by atoms with E-state index in [2.05, 4.69) is 41.8 Å². The lowest BCUT2D eigenvalue weighted by Gasteiger charge is -2.56. The zero-order valence-corrected chi connectivity index (χ0v) is 23.6. The molecule has 6 nitrogen and oxygen atoms in total. The highest BCUT2D eigenvalue weighted by atomic mass is 16.5. The Morgan fingerprint density at radius 1 is 1.15 bits per heavy atom. The number of esters is 1. The van der Waals surface area contributed by atoms with Gasteiger partial charge in [-0.1, -0.05) is 55.0 Å². The second-order valence-corrected chi connectivity index (χ2v) is 11.4. The molecule has 1 saturated heterocycles. The number of hydrogen-bond acceptors (Lipinski definition) is 5. The molecular weight excluding hydrogens is 488 g/mol. The van der Waals surface area contributed by atoms with Crippen LogP contribution < -0.4 is 4.74 Å². The number of unbranched alkanes of at least 4 members (excludes halogenated alkanes) is 2. The number of aliphatic hydroxyl groups excluding tert-OH is 1. The first-order chi connectivity index (χ1) is 18.8. The molecule has 4 rings (SSSR count). The van der Waals surface area contributed by atoms with Gasteiger partial charge in [-0.3, -0.25) is 14.5 Å². The van der Waals surface area contributed by atoms with Crippen LogP contribution in [0.2, 0.25) is 0 Å². The number of piperidine rings is 1. The highest BCUT2D eigenvalue weighted by Crippen LogP contribution is 2.50. The van der Waals surface area contributed by atoms with Gasteiger partial charge in [0.25, 0.3) is 0 Å². The molecule has 2 aliphatic rings. The third-order valence-corrected chi connectivity index (χ3v) is 8.81. The summed E-state index contributed by atoms with van der Waals surface area (Å²) in [6.45, 7) is 7.76. The normalized spacial score (nSPS) is 24.9. The summed E-state index contributed by atoms with van der Waals surface area (Å²) in [6.07, 6.45) is 8.16. The second kappa shape index (κ2) is 13.4. The number of carbonyl (C=O) groups excluding carboxylic acids is 2. The number of amides is 1. The van der Waals surface area contributed by atoms with Crippen molar-refractivity contribution < 1.29 is 19.4 Å². The number of benzene rings is 2. The lowest BCUT2D eigenvalue weighted by molar-refractivity contribution is -0.136. The molecule has 2 aromatic rings. The van der Waals surface area contributed by atoms with Gasteiger partial charge in [-0.2, -0.15) is 0 Å². The predicted octanol–water partition coefficient (Wildman–Crippen LogP) is 5.14. The Balaban J connectivity index is 1.45. The topological polar surface area (TPSA) is 70.1 Å². The van der Waals surface area contributed by atoms with Crippen molar-refractivity contribution >= 4 is 11.9 Å². The van der Waals surface area contributed by atoms with Crippen LogP contribution in [0.5, 0.6) is 5.75 Å². The van der Waals surface area contributed by atoms with Gasteiger partial charge in [0, 0.05) is 50.9 Å². The van der Waals surface area contributed by atoms with Gasteiger partial charge in [0.05, 0.1) is 6.10 Å². The van der Waals surface area contributed by atoms with Crippen molar-refractivity contribution in [1.29, 1.82) is 0 Å². The predicted molar refractivity (Wildman–Crippen MR) is 155 cm³/mol. The van der Waals surface area contributed by atoms with Crippen LogP contribution in [-0.4, -0.2) is 65.6 Å². The molecule has 4 atom stereocenters. The van der Waals surface area contributed by atoms with E-state index in [0.29, 0.717) is 18.6 Å². The largest absolute Gasteiger partial charge is 0.427 e. The molecule has 0 aromatic heterocycles. The number of ether oxygens (including phenoxy) is 1. The Kier molecular flexibility index (Phi) is 9.98. The van der Waals surface area contributed by atoms with E-state index in [0.717, 1.165) is 63.7 Å². The molecular formula is C33H44N2O4. The lowest BCUT2D eigenvalue weighted by Crippen LogP contribution is -2.61. The first-order valence-corrected chi connectivity index (χ1v) is 14.4. The number of fused-ring (bicyclic) bond motifs is 1. The van der Waals surface area contributed by atoms with Crippen LogP contribution in [0.15, 0.2) is 67.3 Å². The summed E-state index contributed by atoms with van der Waals surface area (Å²) in [5.74, 6) is 0.352. The maximum absolute atomic E-state index is 13.3. The number of nitrogens with zero attached hydrogens (tertiary/aromatic N) is 2. The third-order valence-electron chi connectivity index (χ3n) is 8.81. The molecule has 39 heavy (non-hydrogen) atoms. The number of carbonyl (C=O) groups is 2. The fourth-order valence-electron chi connectivity index (χ4n) is 6.74. The number of hydrogen-bond donors (Lipinski definition) is 1. The van der Waals surface area contributed by atoms with Crippen LogP contribution in [0.1, 0.15) is 63.0 Å². The molecule has 1 N–H and O–H groups in total. The van der Waals surface area contributed by atoms with Gasteiger partial charge < -0.3 is 14.7 Å². The SMILES string of the molecule is C=CCN1CCC2(c3cccc(OC(C)=O)c3)CC(N(C)C(=O)CCCCCc3ccccc3)CC(O)C2C1. The van der Waals surface area contributed by atoms with Gasteiger partial charge in [-0.15, -0.1) is 6.58 Å². The molecule has 4 unspecified atom stereocenters. The number of likely N-dealkylation sites (tertiary alicyclic amines) is 1. The van der Waals surface area contributed by atoms with Crippen LogP contribution in [-0.2, 0) is 21.4 Å². The molecule has 1 heterocycles. The van der Waals surface area contributed by atoms with Crippen LogP contribution in [0, 0.1) is 5.92 Å². The zero-order valence-electron chi connectivity index (χ0n) is 23.6. The van der Waals surface area contributed by atoms with Gasteiger partial charge in [0.1, 0.15) is 5.75 Å². The van der Waals surface area contributed by atoms with E-state index < -0.39 is 6.10 Å². The minimum absolute atomic E-state index is 0.0246. The zero-order chi connectivity index (χ0) is 27.8. The van der Waals surface area contributed by atoms with Crippen LogP contribution in [0.4, 0.5) is 0 Å². The smallest absolute Gasteiger partial charge is 0.308 e. The Morgan fingerprint density at radius 3 is 2.69 bits per heavy atom. The molecule has 1 saturated carbocycles. The molecule has 1 aliphatic carbocycles. The van der Waals surface area contributed by atoms with Crippen molar-refractivity contribution in [2.24, 2.45) is 5.92 Å². The van der Waals surface area contributed by atoms with Gasteiger partial charge in [0.15, 0.2) is 0 Å². The fraction of sp³-hybridized carbons (Fsp3) is 0.515. The summed E-state index contributed by atoms with van der Waals surface area (Å²) < 4.78 is 5.42. The van der Waals surface area contributed by atoms with Gasteiger partial charge in [-0.05, 0) is 68.3 Å². The lowest BCUT2D eigenvalue weighted by atomic mass is 9.56. The summed E-state index contributed by atoms with van der Waals surface area (Å²) in [4.78, 5) is 29.1. The van der Waals surface area contributed by atoms with Gasteiger partial charge in [-0.25, -0.2) is 0 Å². The molecule has 0 spiro atoms. The molecule has 0 bridgehead atoms. The standard InChI is InChI=1S/C33H44N2O4/c1-4-19-35-20-18-33(27-15-11-16-29(21-27)39-25(2)36)23-28(22-31(37)30(33)24-35)34(3)32(38)17-10-6-9-14-26-12-7-5-8-13-26/h4-5,7-8,11-13,15-16,21,28,30-31,37H,1,6,9-10,14,17-20,22-24H2,2-3H3. The van der Waals surface area contributed by atoms with Crippen LogP contribution in [0.3, 0.4) is 0 Å². The van der Waals surface area contributed by atoms with Gasteiger partial charge in [0.2, 0.25) is 5.91 Å². The maximum Gasteiger partial charge on any atom is 0.308 e. The Hall–Kier alpha value is -2.96. The maximum atomic E-state index is 13.3. The quantitative estimate of drug-likeness (QED) is 0.188. The molecule has 0 radical (unpaired) electrons. The summed E-state index contributed by atoms with van der Waals surface area (Å²) in [5.41, 5.74) is 2.12. The summed E-state index contributed by atoms with van der Waals surface area (Å²) in [6, 6.07) is 18.2. The second-order valence-electron chi connectivity index (χ2n) is 11.4. The first-order valence-electron chi connectivity index (χ1n) is 14.4. The van der Waals surface area contributed by atoms with E-state index in [1.165, 1.54) is 12.5 Å². The molecule has 2 aromatic carbocycles. The Bertz CT molecular complexity index is 1120. The average molecular weight is 533 g/mol. The third kappa shape index (κ3) is 7.17. The van der Waals surface area contributed by atoms with E-state index in [1.807, 2.05) is 36.2 Å². The van der Waals surface area contributed by atoms with E-state index in [1.54, 1.807) is 6.07 Å². The van der Waals surface area contributed by atoms with Crippen molar-refractivity contribution in [3.8, 4) is 5.75 Å². The van der Waals surface area contributed by atoms with Crippen LogP contribution >= 0.6 is 0 Å². The minimum atomic E-state index is -0.533. The summed E-state index contributed by atoms with van der Waals surface area (Å²) >= 11 is 0. The number of aryl methyl sites for hydroxylation is 1.